The van der Waals surface area contributed by atoms with Crippen LogP contribution in [0, 0.1) is 5.92 Å². The van der Waals surface area contributed by atoms with Gasteiger partial charge in [-0.1, -0.05) is 6.07 Å². The van der Waals surface area contributed by atoms with Crippen molar-refractivity contribution in [1.82, 2.24) is 4.90 Å². The summed E-state index contributed by atoms with van der Waals surface area (Å²) in [4.78, 5) is 14.2. The molecule has 0 spiro atoms. The molecule has 2 rings (SSSR count). The molecule has 1 amide bonds. The maximum Gasteiger partial charge on any atom is 0.261 e. The van der Waals surface area contributed by atoms with Gasteiger partial charge in [0.1, 0.15) is 0 Å². The Balaban J connectivity index is 2.16. The molecule has 5 nitrogen and oxygen atoms in total. The molecule has 1 aliphatic heterocycles. The van der Waals surface area contributed by atoms with E-state index in [2.05, 4.69) is 0 Å². The van der Waals surface area contributed by atoms with Gasteiger partial charge in [-0.2, -0.15) is 0 Å². The minimum absolute atomic E-state index is 0.0551. The van der Waals surface area contributed by atoms with Crippen LogP contribution in [-0.4, -0.2) is 46.0 Å². The quantitative estimate of drug-likeness (QED) is 0.793. The number of methoxy groups -OCH3 is 1. The number of nitrogens with zero attached hydrogens (tertiary/aromatic N) is 1. The van der Waals surface area contributed by atoms with Crippen molar-refractivity contribution in [1.29, 1.82) is 0 Å². The van der Waals surface area contributed by atoms with Crippen molar-refractivity contribution in [3.05, 3.63) is 29.8 Å². The van der Waals surface area contributed by atoms with Crippen LogP contribution in [0.5, 0.6) is 0 Å². The monoisotopic (exact) mass is 331 g/mol. The largest absolute Gasteiger partial charge is 0.384 e. The molecule has 0 N–H and O–H groups in total. The molecule has 1 aromatic carbocycles. The number of piperidine rings is 1. The van der Waals surface area contributed by atoms with Crippen molar-refractivity contribution in [3.8, 4) is 0 Å². The molecular formula is C14H18ClNO4S. The summed E-state index contributed by atoms with van der Waals surface area (Å²) in [6, 6.07) is 5.83. The lowest BCUT2D eigenvalue weighted by molar-refractivity contribution is 0.0570. The Bertz CT molecular complexity index is 615. The highest BCUT2D eigenvalue weighted by Gasteiger charge is 2.25. The van der Waals surface area contributed by atoms with Crippen LogP contribution in [0.15, 0.2) is 29.2 Å². The van der Waals surface area contributed by atoms with Gasteiger partial charge in [-0.05, 0) is 37.0 Å². The van der Waals surface area contributed by atoms with E-state index in [4.69, 9.17) is 15.4 Å². The van der Waals surface area contributed by atoms with Crippen LogP contribution in [0.3, 0.4) is 0 Å². The molecule has 0 saturated carbocycles. The average Bonchev–Trinajstić information content (AvgIpc) is 2.46. The maximum absolute atomic E-state index is 12.5. The highest BCUT2D eigenvalue weighted by Crippen LogP contribution is 2.21. The summed E-state index contributed by atoms with van der Waals surface area (Å²) in [6.45, 7) is 1.93. The van der Waals surface area contributed by atoms with E-state index in [0.717, 1.165) is 12.8 Å². The fraction of sp³-hybridized carbons (Fsp3) is 0.500. The molecular weight excluding hydrogens is 314 g/mol. The summed E-state index contributed by atoms with van der Waals surface area (Å²) in [6.07, 6.45) is 1.96. The van der Waals surface area contributed by atoms with Gasteiger partial charge in [0.15, 0.2) is 0 Å². The van der Waals surface area contributed by atoms with Crippen LogP contribution < -0.4 is 0 Å². The van der Waals surface area contributed by atoms with Gasteiger partial charge in [-0.3, -0.25) is 4.79 Å². The smallest absolute Gasteiger partial charge is 0.261 e. The zero-order valence-corrected chi connectivity index (χ0v) is 13.4. The molecule has 7 heteroatoms. The van der Waals surface area contributed by atoms with Gasteiger partial charge in [-0.15, -0.1) is 0 Å². The Hall–Kier alpha value is -1.11. The first-order valence-corrected chi connectivity index (χ1v) is 9.05. The SMILES string of the molecule is COCC1CCCN(C(=O)c2cccc(S(=O)(=O)Cl)c2)C1. The highest BCUT2D eigenvalue weighted by atomic mass is 35.7. The number of hydrogen-bond acceptors (Lipinski definition) is 4. The van der Waals surface area contributed by atoms with Crippen LogP contribution in [-0.2, 0) is 13.8 Å². The molecule has 1 aromatic rings. The fourth-order valence-corrected chi connectivity index (χ4v) is 3.38. The van der Waals surface area contributed by atoms with E-state index in [1.807, 2.05) is 0 Å². The van der Waals surface area contributed by atoms with E-state index in [1.165, 1.54) is 18.2 Å². The van der Waals surface area contributed by atoms with Gasteiger partial charge in [0.05, 0.1) is 11.5 Å². The van der Waals surface area contributed by atoms with Crippen LogP contribution in [0.4, 0.5) is 0 Å². The standard InChI is InChI=1S/C14H18ClNO4S/c1-20-10-11-4-3-7-16(9-11)14(17)12-5-2-6-13(8-12)21(15,18)19/h2,5-6,8,11H,3-4,7,9-10H2,1H3. The second kappa shape index (κ2) is 6.77. The Morgan fingerprint density at radius 3 is 2.90 bits per heavy atom. The lowest BCUT2D eigenvalue weighted by Crippen LogP contribution is -2.41. The number of benzene rings is 1. The number of ether oxygens (including phenoxy) is 1. The first-order valence-electron chi connectivity index (χ1n) is 6.74. The number of carbonyl (C=O) groups excluding carboxylic acids is 1. The number of hydrogen-bond donors (Lipinski definition) is 0. The van der Waals surface area contributed by atoms with Crippen LogP contribution in [0.1, 0.15) is 23.2 Å². The Morgan fingerprint density at radius 1 is 1.48 bits per heavy atom. The molecule has 1 unspecified atom stereocenters. The Kier molecular flexibility index (Phi) is 5.24. The summed E-state index contributed by atoms with van der Waals surface area (Å²) in [7, 11) is 3.14. The molecule has 116 valence electrons. The molecule has 1 fully saturated rings. The lowest BCUT2D eigenvalue weighted by atomic mass is 9.98. The van der Waals surface area contributed by atoms with Crippen LogP contribution >= 0.6 is 10.7 Å². The molecule has 21 heavy (non-hydrogen) atoms. The summed E-state index contributed by atoms with van der Waals surface area (Å²) < 4.78 is 27.8. The van der Waals surface area contributed by atoms with Crippen molar-refractivity contribution in [2.45, 2.75) is 17.7 Å². The molecule has 1 aliphatic rings. The van der Waals surface area contributed by atoms with Crippen molar-refractivity contribution < 1.29 is 17.9 Å². The fourth-order valence-electron chi connectivity index (χ4n) is 2.58. The van der Waals surface area contributed by atoms with E-state index >= 15 is 0 Å². The van der Waals surface area contributed by atoms with Crippen molar-refractivity contribution in [2.24, 2.45) is 5.92 Å². The number of halogens is 1. The van der Waals surface area contributed by atoms with Gasteiger partial charge in [0, 0.05) is 36.4 Å². The van der Waals surface area contributed by atoms with E-state index in [-0.39, 0.29) is 10.8 Å². The zero-order valence-electron chi connectivity index (χ0n) is 11.8. The van der Waals surface area contributed by atoms with Crippen molar-refractivity contribution in [3.63, 3.8) is 0 Å². The molecule has 0 bridgehead atoms. The molecule has 1 heterocycles. The van der Waals surface area contributed by atoms with Crippen molar-refractivity contribution >= 4 is 25.6 Å². The Labute approximate surface area is 129 Å². The topological polar surface area (TPSA) is 63.7 Å². The van der Waals surface area contributed by atoms with Crippen LogP contribution in [0.2, 0.25) is 0 Å². The predicted molar refractivity (Wildman–Crippen MR) is 80.0 cm³/mol. The summed E-state index contributed by atoms with van der Waals surface area (Å²) >= 11 is 0. The molecule has 0 radical (unpaired) electrons. The van der Waals surface area contributed by atoms with Gasteiger partial charge >= 0.3 is 0 Å². The molecule has 0 aromatic heterocycles. The molecule has 1 atom stereocenters. The Morgan fingerprint density at radius 2 is 2.24 bits per heavy atom. The van der Waals surface area contributed by atoms with E-state index in [9.17, 15) is 13.2 Å². The zero-order chi connectivity index (χ0) is 15.5. The first kappa shape index (κ1) is 16.3. The highest BCUT2D eigenvalue weighted by molar-refractivity contribution is 8.13. The van der Waals surface area contributed by atoms with E-state index < -0.39 is 9.05 Å². The predicted octanol–water partition coefficient (Wildman–Crippen LogP) is 2.11. The summed E-state index contributed by atoms with van der Waals surface area (Å²) in [5.74, 6) is 0.158. The minimum atomic E-state index is -3.83. The second-order valence-electron chi connectivity index (χ2n) is 5.18. The summed E-state index contributed by atoms with van der Waals surface area (Å²) in [5.41, 5.74) is 0.342. The number of likely N-dealkylation sites (tertiary alicyclic amines) is 1. The van der Waals surface area contributed by atoms with Gasteiger partial charge < -0.3 is 9.64 Å². The van der Waals surface area contributed by atoms with Gasteiger partial charge in [0.2, 0.25) is 0 Å². The van der Waals surface area contributed by atoms with Gasteiger partial charge in [0.25, 0.3) is 15.0 Å². The molecule has 1 saturated heterocycles. The summed E-state index contributed by atoms with van der Waals surface area (Å²) in [5, 5.41) is 0. The second-order valence-corrected chi connectivity index (χ2v) is 7.75. The average molecular weight is 332 g/mol. The third-order valence-corrected chi connectivity index (χ3v) is 4.92. The molecule has 0 aliphatic carbocycles. The van der Waals surface area contributed by atoms with Gasteiger partial charge in [-0.25, -0.2) is 8.42 Å². The number of carbonyl (C=O) groups is 1. The first-order chi connectivity index (χ1) is 9.91. The van der Waals surface area contributed by atoms with Crippen LogP contribution in [0.25, 0.3) is 0 Å². The normalized spacial score (nSPS) is 19.5. The minimum Gasteiger partial charge on any atom is -0.384 e. The van der Waals surface area contributed by atoms with E-state index in [1.54, 1.807) is 18.1 Å². The lowest BCUT2D eigenvalue weighted by Gasteiger charge is -2.32. The number of rotatable bonds is 4. The third-order valence-electron chi connectivity index (χ3n) is 3.57. The van der Waals surface area contributed by atoms with E-state index in [0.29, 0.717) is 31.2 Å². The maximum atomic E-state index is 12.5. The number of amides is 1. The van der Waals surface area contributed by atoms with Crippen molar-refractivity contribution in [2.75, 3.05) is 26.8 Å². The third kappa shape index (κ3) is 4.18.